The summed E-state index contributed by atoms with van der Waals surface area (Å²) in [5.74, 6) is -0.411. The molecule has 5 rings (SSSR count). The number of aromatic nitrogens is 2. The maximum Gasteiger partial charge on any atom is 0.296 e. The molecule has 0 radical (unpaired) electrons. The largest absolute Gasteiger partial charge is 0.505 e. The zero-order valence-electron chi connectivity index (χ0n) is 21.1. The maximum absolute atomic E-state index is 13.5. The van der Waals surface area contributed by atoms with Gasteiger partial charge < -0.3 is 23.9 Å². The van der Waals surface area contributed by atoms with Gasteiger partial charge in [-0.05, 0) is 55.8 Å². The quantitative estimate of drug-likeness (QED) is 0.148. The van der Waals surface area contributed by atoms with Gasteiger partial charge in [0.2, 0.25) is 0 Å². The SMILES string of the molecule is C=CCOc1ccc(C2/C(=C(\O)c3c(C)nc4ccccn34)C(=O)C(=O)N2Cc2ccco2)cc1OCC. The van der Waals surface area contributed by atoms with E-state index in [4.69, 9.17) is 13.9 Å². The van der Waals surface area contributed by atoms with E-state index in [1.165, 1.54) is 11.2 Å². The number of imidazole rings is 1. The van der Waals surface area contributed by atoms with Crippen LogP contribution in [0.4, 0.5) is 0 Å². The second-order valence-corrected chi connectivity index (χ2v) is 8.72. The van der Waals surface area contributed by atoms with Crippen molar-refractivity contribution in [2.45, 2.75) is 26.4 Å². The van der Waals surface area contributed by atoms with Crippen LogP contribution in [0.15, 0.2) is 83.6 Å². The second kappa shape index (κ2) is 10.3. The van der Waals surface area contributed by atoms with Crippen molar-refractivity contribution < 1.29 is 28.6 Å². The first-order chi connectivity index (χ1) is 18.4. The summed E-state index contributed by atoms with van der Waals surface area (Å²) in [6, 6.07) is 13.1. The minimum absolute atomic E-state index is 0.0316. The maximum atomic E-state index is 13.5. The van der Waals surface area contributed by atoms with Crippen LogP contribution in [0.5, 0.6) is 11.5 Å². The van der Waals surface area contributed by atoms with E-state index in [-0.39, 0.29) is 24.5 Å². The summed E-state index contributed by atoms with van der Waals surface area (Å²) in [5, 5.41) is 11.6. The van der Waals surface area contributed by atoms with E-state index in [0.717, 1.165) is 0 Å². The molecule has 1 aliphatic rings. The molecule has 3 aromatic heterocycles. The van der Waals surface area contributed by atoms with Crippen molar-refractivity contribution in [3.8, 4) is 11.5 Å². The van der Waals surface area contributed by atoms with Crippen LogP contribution in [0.3, 0.4) is 0 Å². The molecule has 1 unspecified atom stereocenters. The number of amides is 1. The Labute approximate surface area is 219 Å². The van der Waals surface area contributed by atoms with E-state index >= 15 is 0 Å². The number of aryl methyl sites for hydroxylation is 1. The molecule has 1 fully saturated rings. The Balaban J connectivity index is 1.70. The summed E-state index contributed by atoms with van der Waals surface area (Å²) in [5.41, 5.74) is 2.00. The molecular weight excluding hydrogens is 486 g/mol. The summed E-state index contributed by atoms with van der Waals surface area (Å²) in [7, 11) is 0. The number of aliphatic hydroxyl groups excluding tert-OH is 1. The molecule has 1 atom stereocenters. The number of aliphatic hydroxyl groups is 1. The Hall–Kier alpha value is -4.79. The van der Waals surface area contributed by atoms with Crippen LogP contribution >= 0.6 is 0 Å². The number of ketones is 1. The minimum Gasteiger partial charge on any atom is -0.505 e. The normalized spacial score (nSPS) is 16.8. The molecule has 0 bridgehead atoms. The highest BCUT2D eigenvalue weighted by Crippen LogP contribution is 2.43. The first-order valence-electron chi connectivity index (χ1n) is 12.2. The van der Waals surface area contributed by atoms with Crippen molar-refractivity contribution in [1.82, 2.24) is 14.3 Å². The highest BCUT2D eigenvalue weighted by atomic mass is 16.5. The van der Waals surface area contributed by atoms with Crippen molar-refractivity contribution in [2.24, 2.45) is 0 Å². The highest BCUT2D eigenvalue weighted by molar-refractivity contribution is 6.46. The van der Waals surface area contributed by atoms with E-state index in [1.54, 1.807) is 66.1 Å². The molecule has 1 amide bonds. The smallest absolute Gasteiger partial charge is 0.296 e. The number of likely N-dealkylation sites (tertiary alicyclic amines) is 1. The zero-order valence-corrected chi connectivity index (χ0v) is 21.1. The molecule has 38 heavy (non-hydrogen) atoms. The summed E-state index contributed by atoms with van der Waals surface area (Å²) in [6.45, 7) is 7.96. The lowest BCUT2D eigenvalue weighted by molar-refractivity contribution is -0.140. The van der Waals surface area contributed by atoms with Gasteiger partial charge in [0, 0.05) is 6.20 Å². The number of Topliss-reactive ketones (excluding diaryl/α,β-unsaturated/α-hetero) is 1. The Morgan fingerprint density at radius 2 is 2.00 bits per heavy atom. The number of pyridine rings is 1. The number of ether oxygens (including phenoxy) is 2. The lowest BCUT2D eigenvalue weighted by atomic mass is 9.95. The molecule has 0 spiro atoms. The molecule has 9 nitrogen and oxygen atoms in total. The number of hydrogen-bond acceptors (Lipinski definition) is 7. The van der Waals surface area contributed by atoms with Crippen LogP contribution < -0.4 is 9.47 Å². The first-order valence-corrected chi connectivity index (χ1v) is 12.2. The number of rotatable bonds is 9. The van der Waals surface area contributed by atoms with Crippen LogP contribution in [0.2, 0.25) is 0 Å². The van der Waals surface area contributed by atoms with Gasteiger partial charge in [0.05, 0.1) is 36.7 Å². The number of hydrogen-bond donors (Lipinski definition) is 1. The van der Waals surface area contributed by atoms with Crippen LogP contribution in [0, 0.1) is 6.92 Å². The van der Waals surface area contributed by atoms with E-state index in [2.05, 4.69) is 11.6 Å². The summed E-state index contributed by atoms with van der Waals surface area (Å²) in [4.78, 5) is 32.8. The lowest BCUT2D eigenvalue weighted by Gasteiger charge is -2.25. The van der Waals surface area contributed by atoms with Gasteiger partial charge in [0.25, 0.3) is 11.7 Å². The van der Waals surface area contributed by atoms with Crippen LogP contribution in [0.1, 0.15) is 35.7 Å². The fraction of sp³-hybridized carbons (Fsp3) is 0.207. The Morgan fingerprint density at radius 3 is 2.74 bits per heavy atom. The van der Waals surface area contributed by atoms with Gasteiger partial charge in [-0.3, -0.25) is 14.0 Å². The van der Waals surface area contributed by atoms with Gasteiger partial charge in [-0.2, -0.15) is 0 Å². The summed E-state index contributed by atoms with van der Waals surface area (Å²) >= 11 is 0. The second-order valence-electron chi connectivity index (χ2n) is 8.72. The average molecular weight is 514 g/mol. The molecule has 1 aliphatic heterocycles. The van der Waals surface area contributed by atoms with Gasteiger partial charge in [-0.25, -0.2) is 4.98 Å². The molecule has 1 saturated heterocycles. The molecular formula is C29H27N3O6. The van der Waals surface area contributed by atoms with Gasteiger partial charge in [-0.1, -0.05) is 24.8 Å². The van der Waals surface area contributed by atoms with Gasteiger partial charge in [0.1, 0.15) is 23.7 Å². The van der Waals surface area contributed by atoms with Crippen molar-refractivity contribution >= 4 is 23.1 Å². The van der Waals surface area contributed by atoms with Crippen LogP contribution in [-0.2, 0) is 16.1 Å². The number of nitrogens with zero attached hydrogens (tertiary/aromatic N) is 3. The van der Waals surface area contributed by atoms with Crippen molar-refractivity contribution in [3.63, 3.8) is 0 Å². The van der Waals surface area contributed by atoms with Crippen LogP contribution in [0.25, 0.3) is 11.4 Å². The highest BCUT2D eigenvalue weighted by Gasteiger charge is 2.47. The summed E-state index contributed by atoms with van der Waals surface area (Å²) < 4.78 is 18.7. The Kier molecular flexibility index (Phi) is 6.74. The van der Waals surface area contributed by atoms with E-state index in [9.17, 15) is 14.7 Å². The van der Waals surface area contributed by atoms with E-state index in [1.807, 2.05) is 13.0 Å². The molecule has 0 saturated carbocycles. The fourth-order valence-electron chi connectivity index (χ4n) is 4.72. The lowest BCUT2D eigenvalue weighted by Crippen LogP contribution is -2.29. The monoisotopic (exact) mass is 513 g/mol. The third-order valence-electron chi connectivity index (χ3n) is 6.31. The van der Waals surface area contributed by atoms with Crippen molar-refractivity contribution in [1.29, 1.82) is 0 Å². The first kappa shape index (κ1) is 24.9. The molecule has 194 valence electrons. The molecule has 1 aromatic carbocycles. The number of carbonyl (C=O) groups is 2. The number of fused-ring (bicyclic) bond motifs is 1. The minimum atomic E-state index is -0.915. The number of furan rings is 1. The topological polar surface area (TPSA) is 107 Å². The van der Waals surface area contributed by atoms with Crippen molar-refractivity contribution in [3.05, 3.63) is 102 Å². The number of benzene rings is 1. The van der Waals surface area contributed by atoms with Gasteiger partial charge >= 0.3 is 0 Å². The number of carbonyl (C=O) groups excluding carboxylic acids is 2. The molecule has 1 N–H and O–H groups in total. The molecule has 4 heterocycles. The molecule has 9 heteroatoms. The predicted octanol–water partition coefficient (Wildman–Crippen LogP) is 4.82. The van der Waals surface area contributed by atoms with E-state index < -0.39 is 17.7 Å². The molecule has 4 aromatic rings. The van der Waals surface area contributed by atoms with Crippen molar-refractivity contribution in [2.75, 3.05) is 13.2 Å². The van der Waals surface area contributed by atoms with E-state index in [0.29, 0.717) is 46.5 Å². The Morgan fingerprint density at radius 1 is 1.16 bits per heavy atom. The fourth-order valence-corrected chi connectivity index (χ4v) is 4.72. The Bertz CT molecular complexity index is 1550. The zero-order chi connectivity index (χ0) is 26.8. The molecule has 0 aliphatic carbocycles. The van der Waals surface area contributed by atoms with Gasteiger partial charge in [-0.15, -0.1) is 0 Å². The average Bonchev–Trinajstić information content (AvgIpc) is 3.61. The third-order valence-corrected chi connectivity index (χ3v) is 6.31. The standard InChI is InChI=1S/C29H27N3O6/c1-4-14-38-21-12-11-19(16-22(21)36-5-2)26-24(28(34)29(35)32(26)17-20-9-8-15-37-20)27(33)25-18(3)30-23-10-6-7-13-31(23)25/h4,6-13,15-16,26,33H,1,5,14,17H2,2-3H3/b27-24+. The third kappa shape index (κ3) is 4.32. The predicted molar refractivity (Wildman–Crippen MR) is 140 cm³/mol. The van der Waals surface area contributed by atoms with Crippen LogP contribution in [-0.4, -0.2) is 44.3 Å². The van der Waals surface area contributed by atoms with Gasteiger partial charge in [0.15, 0.2) is 17.3 Å². The summed E-state index contributed by atoms with van der Waals surface area (Å²) in [6.07, 6.45) is 4.87.